The second-order valence-electron chi connectivity index (χ2n) is 10.1. The lowest BCUT2D eigenvalue weighted by Gasteiger charge is -2.36. The van der Waals surface area contributed by atoms with Crippen LogP contribution in [0, 0.1) is 0 Å². The minimum Gasteiger partial charge on any atom is -0.496 e. The molecule has 6 heteroatoms. The first-order valence-corrected chi connectivity index (χ1v) is 12.0. The zero-order valence-corrected chi connectivity index (χ0v) is 21.3. The van der Waals surface area contributed by atoms with E-state index in [-0.39, 0.29) is 17.9 Å². The van der Waals surface area contributed by atoms with E-state index in [4.69, 9.17) is 9.47 Å². The molecule has 0 spiro atoms. The maximum absolute atomic E-state index is 12.4. The summed E-state index contributed by atoms with van der Waals surface area (Å²) in [6, 6.07) is 14.5. The highest BCUT2D eigenvalue weighted by Crippen LogP contribution is 2.29. The van der Waals surface area contributed by atoms with Crippen LogP contribution in [0.3, 0.4) is 0 Å². The topological polar surface area (TPSA) is 67.9 Å². The van der Waals surface area contributed by atoms with Gasteiger partial charge in [-0.15, -0.1) is 0 Å². The molecule has 1 fully saturated rings. The number of benzene rings is 2. The summed E-state index contributed by atoms with van der Waals surface area (Å²) in [5, 5.41) is 3.68. The summed E-state index contributed by atoms with van der Waals surface area (Å²) < 4.78 is 11.1. The average molecular weight is 467 g/mol. The number of hydrogen-bond donors (Lipinski definition) is 1. The van der Waals surface area contributed by atoms with Crippen LogP contribution in [-0.4, -0.2) is 48.6 Å². The summed E-state index contributed by atoms with van der Waals surface area (Å²) in [4.78, 5) is 25.7. The quantitative estimate of drug-likeness (QED) is 0.520. The number of nitrogens with zero attached hydrogens (tertiary/aromatic N) is 1. The fourth-order valence-electron chi connectivity index (χ4n) is 4.40. The van der Waals surface area contributed by atoms with Gasteiger partial charge in [-0.2, -0.15) is 0 Å². The molecule has 0 unspecified atom stereocenters. The third-order valence-electron chi connectivity index (χ3n) is 6.41. The zero-order chi connectivity index (χ0) is 24.9. The molecule has 3 rings (SSSR count). The Morgan fingerprint density at radius 2 is 1.62 bits per heavy atom. The summed E-state index contributed by atoms with van der Waals surface area (Å²) in [6.45, 7) is 7.97. The minimum absolute atomic E-state index is 0.0678. The van der Waals surface area contributed by atoms with E-state index in [1.807, 2.05) is 64.2 Å². The third kappa shape index (κ3) is 6.83. The van der Waals surface area contributed by atoms with Gasteiger partial charge in [0.15, 0.2) is 5.78 Å². The Morgan fingerprint density at radius 3 is 2.18 bits per heavy atom. The van der Waals surface area contributed by atoms with E-state index in [0.29, 0.717) is 18.2 Å². The monoisotopic (exact) mass is 466 g/mol. The van der Waals surface area contributed by atoms with E-state index in [9.17, 15) is 9.59 Å². The van der Waals surface area contributed by atoms with Crippen LogP contribution in [0.1, 0.15) is 69.3 Å². The summed E-state index contributed by atoms with van der Waals surface area (Å²) in [5.41, 5.74) is 3.50. The lowest BCUT2D eigenvalue weighted by atomic mass is 9.90. The molecule has 1 aliphatic rings. The van der Waals surface area contributed by atoms with Gasteiger partial charge in [0.2, 0.25) is 0 Å². The maximum atomic E-state index is 12.4. The molecule has 34 heavy (non-hydrogen) atoms. The Labute approximate surface area is 203 Å². The molecule has 184 valence electrons. The summed E-state index contributed by atoms with van der Waals surface area (Å²) in [7, 11) is 3.53. The van der Waals surface area contributed by atoms with Crippen molar-refractivity contribution in [2.45, 2.75) is 77.6 Å². The second kappa shape index (κ2) is 11.0. The summed E-state index contributed by atoms with van der Waals surface area (Å²) >= 11 is 0. The molecule has 0 atom stereocenters. The van der Waals surface area contributed by atoms with E-state index in [1.54, 1.807) is 18.9 Å². The van der Waals surface area contributed by atoms with Gasteiger partial charge in [0.1, 0.15) is 11.4 Å². The third-order valence-corrected chi connectivity index (χ3v) is 6.41. The number of nitrogens with one attached hydrogen (secondary N) is 1. The van der Waals surface area contributed by atoms with Crippen molar-refractivity contribution >= 4 is 11.9 Å². The highest BCUT2D eigenvalue weighted by Gasteiger charge is 2.29. The van der Waals surface area contributed by atoms with Gasteiger partial charge in [-0.3, -0.25) is 4.79 Å². The first-order valence-electron chi connectivity index (χ1n) is 12.0. The van der Waals surface area contributed by atoms with Crippen LogP contribution >= 0.6 is 0 Å². The Bertz CT molecular complexity index is 986. The first kappa shape index (κ1) is 25.8. The van der Waals surface area contributed by atoms with E-state index in [2.05, 4.69) is 11.4 Å². The number of ketones is 1. The fourth-order valence-corrected chi connectivity index (χ4v) is 4.40. The van der Waals surface area contributed by atoms with Gasteiger partial charge in [0.05, 0.1) is 7.11 Å². The summed E-state index contributed by atoms with van der Waals surface area (Å²) in [6.07, 6.45) is 3.67. The molecule has 0 aliphatic heterocycles. The number of methoxy groups -OCH3 is 1. The van der Waals surface area contributed by atoms with Crippen LogP contribution in [-0.2, 0) is 11.3 Å². The number of carbonyl (C=O) groups excluding carboxylic acids is 2. The molecular weight excluding hydrogens is 428 g/mol. The molecule has 0 bridgehead atoms. The molecule has 2 aromatic carbocycles. The highest BCUT2D eigenvalue weighted by atomic mass is 16.6. The van der Waals surface area contributed by atoms with E-state index in [0.717, 1.165) is 48.1 Å². The maximum Gasteiger partial charge on any atom is 0.410 e. The van der Waals surface area contributed by atoms with Gasteiger partial charge in [0.25, 0.3) is 0 Å². The Kier molecular flexibility index (Phi) is 8.37. The van der Waals surface area contributed by atoms with Gasteiger partial charge in [-0.1, -0.05) is 30.3 Å². The number of amides is 1. The van der Waals surface area contributed by atoms with Crippen molar-refractivity contribution in [3.05, 3.63) is 53.6 Å². The van der Waals surface area contributed by atoms with Crippen LogP contribution in [0.15, 0.2) is 42.5 Å². The van der Waals surface area contributed by atoms with E-state index < -0.39 is 5.60 Å². The van der Waals surface area contributed by atoms with Crippen molar-refractivity contribution in [1.82, 2.24) is 10.2 Å². The van der Waals surface area contributed by atoms with Crippen molar-refractivity contribution in [2.24, 2.45) is 0 Å². The van der Waals surface area contributed by atoms with E-state index in [1.165, 1.54) is 0 Å². The molecular formula is C28H38N2O4. The minimum atomic E-state index is -0.479. The van der Waals surface area contributed by atoms with Crippen molar-refractivity contribution in [1.29, 1.82) is 0 Å². The van der Waals surface area contributed by atoms with Gasteiger partial charge in [-0.25, -0.2) is 4.79 Å². The molecule has 1 N–H and O–H groups in total. The number of Topliss-reactive ketones (excluding diaryl/α,β-unsaturated/α-hetero) is 1. The molecule has 0 aromatic heterocycles. The standard InChI is InChI=1S/C28H38N2O4/c1-19(31)20-7-9-21(10-8-20)22-11-16-26(33-6)23(17-22)18-29-24-12-14-25(15-13-24)30(5)27(32)34-28(2,3)4/h7-11,16-17,24-25,29H,12-15,18H2,1-6H3. The Balaban J connectivity index is 1.58. The van der Waals surface area contributed by atoms with Gasteiger partial charge >= 0.3 is 6.09 Å². The Morgan fingerprint density at radius 1 is 1.00 bits per heavy atom. The predicted molar refractivity (Wildman–Crippen MR) is 135 cm³/mol. The second-order valence-corrected chi connectivity index (χ2v) is 10.1. The molecule has 1 amide bonds. The molecule has 1 saturated carbocycles. The molecule has 0 radical (unpaired) electrons. The van der Waals surface area contributed by atoms with Crippen molar-refractivity contribution in [3.8, 4) is 16.9 Å². The van der Waals surface area contributed by atoms with Crippen LogP contribution in [0.4, 0.5) is 4.79 Å². The molecule has 0 heterocycles. The fraction of sp³-hybridized carbons (Fsp3) is 0.500. The predicted octanol–water partition coefficient (Wildman–Crippen LogP) is 5.83. The average Bonchev–Trinajstić information content (AvgIpc) is 2.81. The highest BCUT2D eigenvalue weighted by molar-refractivity contribution is 5.94. The lowest BCUT2D eigenvalue weighted by molar-refractivity contribution is 0.0179. The normalized spacial score (nSPS) is 18.3. The van der Waals surface area contributed by atoms with Crippen LogP contribution in [0.5, 0.6) is 5.75 Å². The van der Waals surface area contributed by atoms with Gasteiger partial charge < -0.3 is 19.7 Å². The number of ether oxygens (including phenoxy) is 2. The summed E-state index contributed by atoms with van der Waals surface area (Å²) in [5.74, 6) is 0.924. The number of rotatable bonds is 7. The largest absolute Gasteiger partial charge is 0.496 e. The van der Waals surface area contributed by atoms with Crippen LogP contribution in [0.2, 0.25) is 0 Å². The zero-order valence-electron chi connectivity index (χ0n) is 21.3. The Hall–Kier alpha value is -2.86. The van der Waals surface area contributed by atoms with E-state index >= 15 is 0 Å². The molecule has 2 aromatic rings. The van der Waals surface area contributed by atoms with Gasteiger partial charge in [-0.05, 0) is 76.6 Å². The van der Waals surface area contributed by atoms with Gasteiger partial charge in [0, 0.05) is 36.8 Å². The van der Waals surface area contributed by atoms with Crippen molar-refractivity contribution < 1.29 is 19.1 Å². The smallest absolute Gasteiger partial charge is 0.410 e. The molecule has 1 aliphatic carbocycles. The van der Waals surface area contributed by atoms with Crippen LogP contribution in [0.25, 0.3) is 11.1 Å². The first-order chi connectivity index (χ1) is 16.1. The lowest BCUT2D eigenvalue weighted by Crippen LogP contribution is -2.44. The van der Waals surface area contributed by atoms with Crippen molar-refractivity contribution in [2.75, 3.05) is 14.2 Å². The number of hydrogen-bond acceptors (Lipinski definition) is 5. The molecule has 0 saturated heterocycles. The molecule has 6 nitrogen and oxygen atoms in total. The van der Waals surface area contributed by atoms with Crippen LogP contribution < -0.4 is 10.1 Å². The SMILES string of the molecule is COc1ccc(-c2ccc(C(C)=O)cc2)cc1CNC1CCC(N(C)C(=O)OC(C)(C)C)CC1. The number of carbonyl (C=O) groups is 2. The van der Waals surface area contributed by atoms with Crippen molar-refractivity contribution in [3.63, 3.8) is 0 Å².